The van der Waals surface area contributed by atoms with Crippen LogP contribution >= 0.6 is 0 Å². The Morgan fingerprint density at radius 2 is 1.94 bits per heavy atom. The van der Waals surface area contributed by atoms with Crippen LogP contribution < -0.4 is 0 Å². The fourth-order valence-electron chi connectivity index (χ4n) is 2.43. The van der Waals surface area contributed by atoms with Crippen molar-refractivity contribution < 1.29 is 14.7 Å². The Balaban J connectivity index is 2.84. The molecule has 0 spiro atoms. The zero-order chi connectivity index (χ0) is 13.4. The van der Waals surface area contributed by atoms with Crippen LogP contribution in [0.2, 0.25) is 0 Å². The lowest BCUT2D eigenvalue weighted by Crippen LogP contribution is -2.39. The highest BCUT2D eigenvalue weighted by molar-refractivity contribution is 5.91. The minimum atomic E-state index is -0.879. The van der Waals surface area contributed by atoms with Crippen molar-refractivity contribution in [2.24, 2.45) is 17.3 Å². The third-order valence-electron chi connectivity index (χ3n) is 3.59. The van der Waals surface area contributed by atoms with Gasteiger partial charge in [-0.2, -0.15) is 0 Å². The van der Waals surface area contributed by atoms with Crippen LogP contribution in [0, 0.1) is 17.3 Å². The van der Waals surface area contributed by atoms with Crippen molar-refractivity contribution in [3.63, 3.8) is 0 Å². The third kappa shape index (κ3) is 2.35. The first-order valence-corrected chi connectivity index (χ1v) is 5.89. The number of aliphatic carboxylic acids is 1. The van der Waals surface area contributed by atoms with E-state index in [0.29, 0.717) is 6.54 Å². The van der Waals surface area contributed by atoms with Gasteiger partial charge in [0.25, 0.3) is 0 Å². The number of carbonyl (C=O) groups excluding carboxylic acids is 1. The first-order valence-electron chi connectivity index (χ1n) is 5.89. The molecule has 4 heteroatoms. The van der Waals surface area contributed by atoms with E-state index in [4.69, 9.17) is 5.11 Å². The Kier molecular flexibility index (Phi) is 3.65. The molecule has 1 saturated carbocycles. The molecule has 2 unspecified atom stereocenters. The maximum atomic E-state index is 12.3. The average molecular weight is 239 g/mol. The molecule has 4 nitrogen and oxygen atoms in total. The molecular formula is C13H21NO3. The largest absolute Gasteiger partial charge is 0.481 e. The van der Waals surface area contributed by atoms with Gasteiger partial charge in [0, 0.05) is 12.6 Å². The van der Waals surface area contributed by atoms with Crippen molar-refractivity contribution in [2.75, 3.05) is 6.54 Å². The Hall–Kier alpha value is -1.32. The molecule has 0 radical (unpaired) electrons. The molecule has 1 amide bonds. The van der Waals surface area contributed by atoms with E-state index in [1.54, 1.807) is 11.0 Å². The summed E-state index contributed by atoms with van der Waals surface area (Å²) < 4.78 is 0. The number of carboxylic acids is 1. The van der Waals surface area contributed by atoms with Crippen LogP contribution in [0.25, 0.3) is 0 Å². The molecule has 96 valence electrons. The average Bonchev–Trinajstić information content (AvgIpc) is 2.76. The van der Waals surface area contributed by atoms with E-state index >= 15 is 0 Å². The Bertz CT molecular complexity index is 347. The van der Waals surface area contributed by atoms with Crippen LogP contribution in [0.5, 0.6) is 0 Å². The van der Waals surface area contributed by atoms with Gasteiger partial charge in [-0.15, -0.1) is 6.58 Å². The summed E-state index contributed by atoms with van der Waals surface area (Å²) in [4.78, 5) is 25.0. The summed E-state index contributed by atoms with van der Waals surface area (Å²) in [5.74, 6) is -1.91. The maximum absolute atomic E-state index is 12.3. The fourth-order valence-corrected chi connectivity index (χ4v) is 2.43. The molecule has 17 heavy (non-hydrogen) atoms. The molecule has 0 heterocycles. The van der Waals surface area contributed by atoms with Crippen molar-refractivity contribution in [1.82, 2.24) is 4.90 Å². The molecule has 0 aromatic carbocycles. The zero-order valence-electron chi connectivity index (χ0n) is 10.9. The highest BCUT2D eigenvalue weighted by Crippen LogP contribution is 2.59. The first kappa shape index (κ1) is 13.7. The van der Waals surface area contributed by atoms with Gasteiger partial charge in [0.1, 0.15) is 0 Å². The lowest BCUT2D eigenvalue weighted by molar-refractivity contribution is -0.142. The predicted molar refractivity (Wildman–Crippen MR) is 65.4 cm³/mol. The number of nitrogens with zero attached hydrogens (tertiary/aromatic N) is 1. The van der Waals surface area contributed by atoms with Crippen LogP contribution in [0.15, 0.2) is 12.7 Å². The number of hydrogen-bond acceptors (Lipinski definition) is 2. The standard InChI is InChI=1S/C13H21NO3/c1-6-7-14(8(2)3)11(15)9-10(12(16)17)13(9,4)5/h6,8-10H,1,7H2,2-5H3,(H,16,17). The third-order valence-corrected chi connectivity index (χ3v) is 3.59. The van der Waals surface area contributed by atoms with Gasteiger partial charge < -0.3 is 10.0 Å². The number of carboxylic acid groups (broad SMARTS) is 1. The second-order valence-electron chi connectivity index (χ2n) is 5.49. The summed E-state index contributed by atoms with van der Waals surface area (Å²) in [7, 11) is 0. The molecule has 1 aliphatic carbocycles. The van der Waals surface area contributed by atoms with Crippen molar-refractivity contribution in [3.8, 4) is 0 Å². The highest BCUT2D eigenvalue weighted by Gasteiger charge is 2.66. The molecular weight excluding hydrogens is 218 g/mol. The van der Waals surface area contributed by atoms with Gasteiger partial charge in [-0.3, -0.25) is 9.59 Å². The van der Waals surface area contributed by atoms with Gasteiger partial charge in [-0.05, 0) is 19.3 Å². The summed E-state index contributed by atoms with van der Waals surface area (Å²) in [5, 5.41) is 9.07. The minimum Gasteiger partial charge on any atom is -0.481 e. The van der Waals surface area contributed by atoms with E-state index < -0.39 is 23.2 Å². The quantitative estimate of drug-likeness (QED) is 0.744. The number of carbonyl (C=O) groups is 2. The molecule has 0 aromatic rings. The van der Waals surface area contributed by atoms with Crippen molar-refractivity contribution >= 4 is 11.9 Å². The maximum Gasteiger partial charge on any atom is 0.307 e. The smallest absolute Gasteiger partial charge is 0.307 e. The van der Waals surface area contributed by atoms with Crippen molar-refractivity contribution in [1.29, 1.82) is 0 Å². The fraction of sp³-hybridized carbons (Fsp3) is 0.692. The van der Waals surface area contributed by atoms with Crippen molar-refractivity contribution in [2.45, 2.75) is 33.7 Å². The molecule has 1 fully saturated rings. The minimum absolute atomic E-state index is 0.0614. The number of hydrogen-bond donors (Lipinski definition) is 1. The van der Waals surface area contributed by atoms with E-state index in [9.17, 15) is 9.59 Å². The van der Waals surface area contributed by atoms with Crippen LogP contribution in [0.4, 0.5) is 0 Å². The predicted octanol–water partition coefficient (Wildman–Crippen LogP) is 1.77. The normalized spacial score (nSPS) is 25.5. The molecule has 0 aromatic heterocycles. The molecule has 2 atom stereocenters. The lowest BCUT2D eigenvalue weighted by Gasteiger charge is -2.26. The second kappa shape index (κ2) is 4.51. The SMILES string of the molecule is C=CCN(C(=O)C1C(C(=O)O)C1(C)C)C(C)C. The lowest BCUT2D eigenvalue weighted by atomic mass is 10.1. The molecule has 0 aliphatic heterocycles. The van der Waals surface area contributed by atoms with Gasteiger partial charge in [0.05, 0.1) is 11.8 Å². The molecule has 1 aliphatic rings. The van der Waals surface area contributed by atoms with Crippen LogP contribution in [0.1, 0.15) is 27.7 Å². The van der Waals surface area contributed by atoms with Crippen LogP contribution in [0.3, 0.4) is 0 Å². The first-order chi connectivity index (χ1) is 7.75. The number of amides is 1. The number of rotatable bonds is 5. The van der Waals surface area contributed by atoms with E-state index in [0.717, 1.165) is 0 Å². The monoisotopic (exact) mass is 239 g/mol. The van der Waals surface area contributed by atoms with Gasteiger partial charge in [-0.1, -0.05) is 19.9 Å². The summed E-state index contributed by atoms with van der Waals surface area (Å²) in [6, 6.07) is 0.0614. The Morgan fingerprint density at radius 1 is 1.41 bits per heavy atom. The molecule has 0 saturated heterocycles. The second-order valence-corrected chi connectivity index (χ2v) is 5.49. The summed E-state index contributed by atoms with van der Waals surface area (Å²) in [5.41, 5.74) is -0.433. The van der Waals surface area contributed by atoms with Crippen molar-refractivity contribution in [3.05, 3.63) is 12.7 Å². The molecule has 0 bridgehead atoms. The van der Waals surface area contributed by atoms with Gasteiger partial charge in [0.15, 0.2) is 0 Å². The summed E-state index contributed by atoms with van der Waals surface area (Å²) >= 11 is 0. The van der Waals surface area contributed by atoms with E-state index in [1.165, 1.54) is 0 Å². The van der Waals surface area contributed by atoms with Gasteiger partial charge in [0.2, 0.25) is 5.91 Å². The molecule has 1 rings (SSSR count). The van der Waals surface area contributed by atoms with E-state index in [-0.39, 0.29) is 11.9 Å². The van der Waals surface area contributed by atoms with Gasteiger partial charge in [-0.25, -0.2) is 0 Å². The Labute approximate surface area is 102 Å². The van der Waals surface area contributed by atoms with E-state index in [2.05, 4.69) is 6.58 Å². The van der Waals surface area contributed by atoms with E-state index in [1.807, 2.05) is 27.7 Å². The summed E-state index contributed by atoms with van der Waals surface area (Å²) in [6.07, 6.45) is 1.67. The molecule has 1 N–H and O–H groups in total. The van der Waals surface area contributed by atoms with Crippen LogP contribution in [-0.4, -0.2) is 34.5 Å². The highest BCUT2D eigenvalue weighted by atomic mass is 16.4. The summed E-state index contributed by atoms with van der Waals surface area (Å²) in [6.45, 7) is 11.6. The Morgan fingerprint density at radius 3 is 2.24 bits per heavy atom. The van der Waals surface area contributed by atoms with Gasteiger partial charge >= 0.3 is 5.97 Å². The van der Waals surface area contributed by atoms with Crippen LogP contribution in [-0.2, 0) is 9.59 Å². The zero-order valence-corrected chi connectivity index (χ0v) is 10.9. The topological polar surface area (TPSA) is 57.6 Å².